The maximum Gasteiger partial charge on any atom is 0.339 e. The first kappa shape index (κ1) is 16.3. The lowest BCUT2D eigenvalue weighted by Gasteiger charge is -2.13. The molecule has 114 valence electrons. The van der Waals surface area contributed by atoms with E-state index >= 15 is 0 Å². The van der Waals surface area contributed by atoms with E-state index in [1.807, 2.05) is 0 Å². The molecule has 1 atom stereocenters. The Morgan fingerprint density at radius 2 is 1.90 bits per heavy atom. The van der Waals surface area contributed by atoms with Crippen LogP contribution in [0.2, 0.25) is 0 Å². The molecule has 1 aromatic carbocycles. The number of esters is 1. The number of amides is 2. The number of urea groups is 1. The molecule has 1 rings (SSSR count). The zero-order valence-electron chi connectivity index (χ0n) is 11.8. The van der Waals surface area contributed by atoms with Gasteiger partial charge in [0.25, 0.3) is 0 Å². The smallest absolute Gasteiger partial charge is 0.339 e. The first-order valence-electron chi connectivity index (χ1n) is 5.95. The number of ether oxygens (including phenoxy) is 2. The lowest BCUT2D eigenvalue weighted by atomic mass is 10.2. The van der Waals surface area contributed by atoms with E-state index in [0.717, 1.165) is 0 Å². The van der Waals surface area contributed by atoms with E-state index in [-0.39, 0.29) is 11.3 Å². The van der Waals surface area contributed by atoms with Crippen LogP contribution in [0.5, 0.6) is 5.75 Å². The summed E-state index contributed by atoms with van der Waals surface area (Å²) < 4.78 is 9.41. The lowest BCUT2D eigenvalue weighted by Crippen LogP contribution is -2.41. The molecular formula is C13H16N2O6. The van der Waals surface area contributed by atoms with Crippen LogP contribution in [-0.2, 0) is 9.53 Å². The van der Waals surface area contributed by atoms with Gasteiger partial charge in [0, 0.05) is 11.8 Å². The summed E-state index contributed by atoms with van der Waals surface area (Å²) in [6, 6.07) is 2.65. The predicted molar refractivity (Wildman–Crippen MR) is 73.6 cm³/mol. The standard InChI is InChI=1S/C13H16N2O6/c1-7(12(18)21-3)14-13(19)15-8-4-5-9(11(16)17)10(6-8)20-2/h4-7H,1-3H3,(H,16,17)(H2,14,15,19). The summed E-state index contributed by atoms with van der Waals surface area (Å²) in [5.74, 6) is -1.60. The van der Waals surface area contributed by atoms with Crippen LogP contribution in [0.3, 0.4) is 0 Å². The minimum absolute atomic E-state index is 0.0219. The van der Waals surface area contributed by atoms with E-state index in [0.29, 0.717) is 5.69 Å². The number of nitrogens with one attached hydrogen (secondary N) is 2. The van der Waals surface area contributed by atoms with Crippen molar-refractivity contribution in [3.63, 3.8) is 0 Å². The molecule has 2 amide bonds. The van der Waals surface area contributed by atoms with Gasteiger partial charge in [-0.1, -0.05) is 0 Å². The largest absolute Gasteiger partial charge is 0.496 e. The summed E-state index contributed by atoms with van der Waals surface area (Å²) in [6.45, 7) is 1.47. The van der Waals surface area contributed by atoms with Gasteiger partial charge in [-0.15, -0.1) is 0 Å². The molecule has 0 spiro atoms. The summed E-state index contributed by atoms with van der Waals surface area (Å²) >= 11 is 0. The van der Waals surface area contributed by atoms with Crippen molar-refractivity contribution in [2.45, 2.75) is 13.0 Å². The summed E-state index contributed by atoms with van der Waals surface area (Å²) in [5.41, 5.74) is 0.304. The van der Waals surface area contributed by atoms with Crippen molar-refractivity contribution >= 4 is 23.7 Å². The molecule has 0 bridgehead atoms. The van der Waals surface area contributed by atoms with Crippen molar-refractivity contribution in [1.29, 1.82) is 0 Å². The fourth-order valence-corrected chi connectivity index (χ4v) is 1.55. The van der Waals surface area contributed by atoms with Crippen molar-refractivity contribution in [2.75, 3.05) is 19.5 Å². The molecule has 21 heavy (non-hydrogen) atoms. The van der Waals surface area contributed by atoms with Crippen molar-refractivity contribution in [2.24, 2.45) is 0 Å². The SMILES string of the molecule is COC(=O)C(C)NC(=O)Nc1ccc(C(=O)O)c(OC)c1. The van der Waals surface area contributed by atoms with Crippen LogP contribution in [0.4, 0.5) is 10.5 Å². The molecule has 8 nitrogen and oxygen atoms in total. The monoisotopic (exact) mass is 296 g/mol. The Morgan fingerprint density at radius 3 is 2.43 bits per heavy atom. The van der Waals surface area contributed by atoms with E-state index in [9.17, 15) is 14.4 Å². The second kappa shape index (κ2) is 7.13. The number of carboxylic acid groups (broad SMARTS) is 1. The van der Waals surface area contributed by atoms with E-state index < -0.39 is 24.0 Å². The second-order valence-corrected chi connectivity index (χ2v) is 4.06. The zero-order valence-corrected chi connectivity index (χ0v) is 11.8. The van der Waals surface area contributed by atoms with Crippen LogP contribution < -0.4 is 15.4 Å². The van der Waals surface area contributed by atoms with Crippen LogP contribution >= 0.6 is 0 Å². The summed E-state index contributed by atoms with van der Waals surface area (Å²) in [7, 11) is 2.54. The normalized spacial score (nSPS) is 11.2. The highest BCUT2D eigenvalue weighted by molar-refractivity contribution is 5.95. The first-order valence-corrected chi connectivity index (χ1v) is 5.95. The van der Waals surface area contributed by atoms with Gasteiger partial charge in [-0.2, -0.15) is 0 Å². The van der Waals surface area contributed by atoms with Gasteiger partial charge in [0.05, 0.1) is 14.2 Å². The molecule has 0 aliphatic heterocycles. The number of carboxylic acids is 1. The maximum absolute atomic E-state index is 11.7. The Labute approximate surface area is 121 Å². The van der Waals surface area contributed by atoms with Gasteiger partial charge in [0.1, 0.15) is 17.4 Å². The van der Waals surface area contributed by atoms with Crippen molar-refractivity contribution < 1.29 is 29.0 Å². The zero-order chi connectivity index (χ0) is 16.0. The number of hydrogen-bond acceptors (Lipinski definition) is 5. The fraction of sp³-hybridized carbons (Fsp3) is 0.308. The van der Waals surface area contributed by atoms with Crippen LogP contribution in [0.15, 0.2) is 18.2 Å². The maximum atomic E-state index is 11.7. The fourth-order valence-electron chi connectivity index (χ4n) is 1.55. The van der Waals surface area contributed by atoms with E-state index in [1.54, 1.807) is 0 Å². The number of benzene rings is 1. The number of carbonyl (C=O) groups excluding carboxylic acids is 2. The number of hydrogen-bond donors (Lipinski definition) is 3. The van der Waals surface area contributed by atoms with Gasteiger partial charge in [0.2, 0.25) is 0 Å². The van der Waals surface area contributed by atoms with E-state index in [2.05, 4.69) is 15.4 Å². The number of aromatic carboxylic acids is 1. The van der Waals surface area contributed by atoms with E-state index in [1.165, 1.54) is 39.3 Å². The molecular weight excluding hydrogens is 280 g/mol. The Kier molecular flexibility index (Phi) is 5.53. The Bertz CT molecular complexity index is 558. The van der Waals surface area contributed by atoms with Gasteiger partial charge in [-0.3, -0.25) is 0 Å². The third-order valence-corrected chi connectivity index (χ3v) is 2.59. The van der Waals surface area contributed by atoms with Crippen molar-refractivity contribution in [1.82, 2.24) is 5.32 Å². The van der Waals surface area contributed by atoms with Gasteiger partial charge < -0.3 is 25.2 Å². The van der Waals surface area contributed by atoms with Crippen LogP contribution in [0.1, 0.15) is 17.3 Å². The van der Waals surface area contributed by atoms with Crippen LogP contribution in [0.25, 0.3) is 0 Å². The molecule has 0 aliphatic carbocycles. The molecule has 0 saturated heterocycles. The Morgan fingerprint density at radius 1 is 1.24 bits per heavy atom. The Balaban J connectivity index is 2.77. The van der Waals surface area contributed by atoms with Gasteiger partial charge in [-0.25, -0.2) is 14.4 Å². The first-order chi connectivity index (χ1) is 9.88. The summed E-state index contributed by atoms with van der Waals surface area (Å²) in [6.07, 6.45) is 0. The highest BCUT2D eigenvalue weighted by Gasteiger charge is 2.16. The average Bonchev–Trinajstić information content (AvgIpc) is 2.45. The molecule has 8 heteroatoms. The molecule has 0 saturated carbocycles. The summed E-state index contributed by atoms with van der Waals surface area (Å²) in [4.78, 5) is 33.8. The Hall–Kier alpha value is -2.77. The minimum Gasteiger partial charge on any atom is -0.496 e. The third kappa shape index (κ3) is 4.37. The molecule has 0 fully saturated rings. The number of anilines is 1. The predicted octanol–water partition coefficient (Wildman–Crippen LogP) is 1.08. The molecule has 0 aromatic heterocycles. The highest BCUT2D eigenvalue weighted by Crippen LogP contribution is 2.23. The molecule has 0 radical (unpaired) electrons. The molecule has 0 heterocycles. The number of methoxy groups -OCH3 is 2. The van der Waals surface area contributed by atoms with Gasteiger partial charge in [-0.05, 0) is 19.1 Å². The third-order valence-electron chi connectivity index (χ3n) is 2.59. The average molecular weight is 296 g/mol. The molecule has 3 N–H and O–H groups in total. The van der Waals surface area contributed by atoms with Crippen LogP contribution in [0, 0.1) is 0 Å². The molecule has 0 aliphatic rings. The van der Waals surface area contributed by atoms with Gasteiger partial charge >= 0.3 is 18.0 Å². The molecule has 1 unspecified atom stereocenters. The van der Waals surface area contributed by atoms with Crippen molar-refractivity contribution in [3.8, 4) is 5.75 Å². The summed E-state index contributed by atoms with van der Waals surface area (Å²) in [5, 5.41) is 13.8. The number of carbonyl (C=O) groups is 3. The topological polar surface area (TPSA) is 114 Å². The van der Waals surface area contributed by atoms with Crippen LogP contribution in [-0.4, -0.2) is 43.3 Å². The minimum atomic E-state index is -1.14. The number of rotatable bonds is 5. The quantitative estimate of drug-likeness (QED) is 0.700. The lowest BCUT2D eigenvalue weighted by molar-refractivity contribution is -0.142. The molecule has 1 aromatic rings. The van der Waals surface area contributed by atoms with Gasteiger partial charge in [0.15, 0.2) is 0 Å². The highest BCUT2D eigenvalue weighted by atomic mass is 16.5. The van der Waals surface area contributed by atoms with Crippen molar-refractivity contribution in [3.05, 3.63) is 23.8 Å². The van der Waals surface area contributed by atoms with E-state index in [4.69, 9.17) is 9.84 Å². The second-order valence-electron chi connectivity index (χ2n) is 4.06.